The van der Waals surface area contributed by atoms with Crippen LogP contribution in [0.3, 0.4) is 0 Å². The number of nitrogens with one attached hydrogen (secondary N) is 2. The molecule has 0 atom stereocenters. The summed E-state index contributed by atoms with van der Waals surface area (Å²) >= 11 is 4.88. The van der Waals surface area contributed by atoms with Gasteiger partial charge in [-0.25, -0.2) is 0 Å². The molecule has 5 heteroatoms. The molecule has 0 saturated carbocycles. The molecule has 1 rings (SSSR count). The molecule has 0 unspecified atom stereocenters. The summed E-state index contributed by atoms with van der Waals surface area (Å²) in [6, 6.07) is 7.51. The summed E-state index contributed by atoms with van der Waals surface area (Å²) in [6.07, 6.45) is 0. The Hall–Kier alpha value is -1.62. The molecule has 0 aliphatic heterocycles. The van der Waals surface area contributed by atoms with E-state index >= 15 is 0 Å². The second kappa shape index (κ2) is 5.82. The van der Waals surface area contributed by atoms with E-state index in [2.05, 4.69) is 10.6 Å². The Morgan fingerprint density at radius 1 is 1.33 bits per heavy atom. The van der Waals surface area contributed by atoms with Crippen LogP contribution in [0.1, 0.15) is 19.4 Å². The highest BCUT2D eigenvalue weighted by Gasteiger charge is 2.26. The zero-order chi connectivity index (χ0) is 13.8. The largest absolute Gasteiger partial charge is 0.389 e. The number of nitrogens with two attached hydrogens (primary N) is 1. The first-order valence-electron chi connectivity index (χ1n) is 5.73. The third kappa shape index (κ3) is 3.70. The van der Waals surface area contributed by atoms with E-state index in [9.17, 15) is 4.79 Å². The second-order valence-electron chi connectivity index (χ2n) is 4.76. The van der Waals surface area contributed by atoms with Crippen molar-refractivity contribution in [2.24, 2.45) is 11.1 Å². The highest BCUT2D eigenvalue weighted by molar-refractivity contribution is 7.80. The summed E-state index contributed by atoms with van der Waals surface area (Å²) in [7, 11) is 1.64. The third-order valence-corrected chi connectivity index (χ3v) is 2.98. The molecule has 18 heavy (non-hydrogen) atoms. The minimum absolute atomic E-state index is 0.00903. The summed E-state index contributed by atoms with van der Waals surface area (Å²) in [5.41, 5.74) is 6.83. The Morgan fingerprint density at radius 3 is 2.33 bits per heavy atom. The van der Waals surface area contributed by atoms with E-state index in [1.54, 1.807) is 7.05 Å². The van der Waals surface area contributed by atoms with Crippen molar-refractivity contribution in [1.29, 1.82) is 0 Å². The number of carbonyl (C=O) groups excluding carboxylic acids is 1. The van der Waals surface area contributed by atoms with Crippen LogP contribution in [0.15, 0.2) is 24.3 Å². The average Bonchev–Trinajstić information content (AvgIpc) is 2.35. The van der Waals surface area contributed by atoms with E-state index < -0.39 is 5.41 Å². The first-order valence-corrected chi connectivity index (χ1v) is 6.13. The lowest BCUT2D eigenvalue weighted by molar-refractivity contribution is -0.128. The van der Waals surface area contributed by atoms with Gasteiger partial charge >= 0.3 is 0 Å². The molecule has 1 aromatic carbocycles. The van der Waals surface area contributed by atoms with Gasteiger partial charge in [-0.2, -0.15) is 0 Å². The summed E-state index contributed by atoms with van der Waals surface area (Å²) in [5.74, 6) is 0.00903. The molecular weight excluding hydrogens is 246 g/mol. The van der Waals surface area contributed by atoms with Gasteiger partial charge in [0.25, 0.3) is 0 Å². The Balaban J connectivity index is 2.64. The van der Waals surface area contributed by atoms with Gasteiger partial charge in [0.05, 0.1) is 5.41 Å². The normalized spacial score (nSPS) is 10.8. The van der Waals surface area contributed by atoms with E-state index in [1.165, 1.54) is 0 Å². The Labute approximate surface area is 113 Å². The van der Waals surface area contributed by atoms with E-state index in [1.807, 2.05) is 38.1 Å². The number of amides is 1. The topological polar surface area (TPSA) is 67.2 Å². The van der Waals surface area contributed by atoms with Crippen molar-refractivity contribution >= 4 is 28.8 Å². The first kappa shape index (κ1) is 14.4. The van der Waals surface area contributed by atoms with Gasteiger partial charge in [0.2, 0.25) is 5.91 Å². The average molecular weight is 265 g/mol. The fourth-order valence-electron chi connectivity index (χ4n) is 1.49. The molecule has 0 heterocycles. The molecule has 4 nitrogen and oxygen atoms in total. The predicted octanol–water partition coefficient (Wildman–Crippen LogP) is 1.50. The number of thiocarbonyl (C=S) groups is 1. The number of hydrogen-bond donors (Lipinski definition) is 3. The van der Waals surface area contributed by atoms with Crippen molar-refractivity contribution in [2.45, 2.75) is 13.8 Å². The molecule has 0 spiro atoms. The fraction of sp³-hybridized carbons (Fsp3) is 0.385. The lowest BCUT2D eigenvalue weighted by Gasteiger charge is -2.23. The van der Waals surface area contributed by atoms with Gasteiger partial charge in [-0.1, -0.05) is 12.2 Å². The summed E-state index contributed by atoms with van der Waals surface area (Å²) < 4.78 is 0. The highest BCUT2D eigenvalue weighted by atomic mass is 32.1. The predicted molar refractivity (Wildman–Crippen MR) is 78.7 cm³/mol. The smallest absolute Gasteiger partial charge is 0.227 e. The number of rotatable bonds is 5. The number of hydrogen-bond acceptors (Lipinski definition) is 3. The van der Waals surface area contributed by atoms with E-state index in [-0.39, 0.29) is 5.91 Å². The van der Waals surface area contributed by atoms with Crippen LogP contribution in [0.2, 0.25) is 0 Å². The molecule has 0 aliphatic rings. The second-order valence-corrected chi connectivity index (χ2v) is 5.20. The van der Waals surface area contributed by atoms with Gasteiger partial charge in [0, 0.05) is 24.8 Å². The molecule has 0 fully saturated rings. The summed E-state index contributed by atoms with van der Waals surface area (Å²) in [4.78, 5) is 12.0. The van der Waals surface area contributed by atoms with Gasteiger partial charge < -0.3 is 16.4 Å². The molecule has 0 bridgehead atoms. The van der Waals surface area contributed by atoms with Gasteiger partial charge in [0.15, 0.2) is 0 Å². The van der Waals surface area contributed by atoms with Crippen LogP contribution < -0.4 is 16.4 Å². The van der Waals surface area contributed by atoms with Crippen LogP contribution in [0.25, 0.3) is 0 Å². The van der Waals surface area contributed by atoms with E-state index in [4.69, 9.17) is 18.0 Å². The molecule has 0 aromatic heterocycles. The molecular formula is C13H19N3OS. The molecule has 1 amide bonds. The van der Waals surface area contributed by atoms with Crippen molar-refractivity contribution in [3.8, 4) is 0 Å². The summed E-state index contributed by atoms with van der Waals surface area (Å²) in [6.45, 7) is 4.34. The lowest BCUT2D eigenvalue weighted by Crippen LogP contribution is -2.39. The minimum Gasteiger partial charge on any atom is -0.389 e. The number of benzene rings is 1. The number of anilines is 1. The van der Waals surface area contributed by atoms with Gasteiger partial charge in [-0.15, -0.1) is 0 Å². The monoisotopic (exact) mass is 265 g/mol. The lowest BCUT2D eigenvalue weighted by atomic mass is 9.92. The summed E-state index contributed by atoms with van der Waals surface area (Å²) in [5, 5.41) is 5.87. The Bertz CT molecular complexity index is 440. The van der Waals surface area contributed by atoms with Gasteiger partial charge in [-0.3, -0.25) is 4.79 Å². The Kier molecular flexibility index (Phi) is 4.67. The maximum atomic E-state index is 11.6. The number of carbonyl (C=O) groups is 1. The van der Waals surface area contributed by atoms with Crippen molar-refractivity contribution in [1.82, 2.24) is 5.32 Å². The van der Waals surface area contributed by atoms with E-state index in [0.717, 1.165) is 11.3 Å². The molecule has 0 saturated heterocycles. The van der Waals surface area contributed by atoms with Crippen LogP contribution >= 0.6 is 12.2 Å². The highest BCUT2D eigenvalue weighted by Crippen LogP contribution is 2.17. The maximum absolute atomic E-state index is 11.6. The first-order chi connectivity index (χ1) is 8.36. The van der Waals surface area contributed by atoms with Crippen LogP contribution in [-0.4, -0.2) is 24.5 Å². The van der Waals surface area contributed by atoms with Crippen LogP contribution in [0.5, 0.6) is 0 Å². The molecule has 0 aliphatic carbocycles. The van der Waals surface area contributed by atoms with Crippen molar-refractivity contribution in [3.05, 3.63) is 29.8 Å². The third-order valence-electron chi connectivity index (χ3n) is 2.75. The van der Waals surface area contributed by atoms with Crippen LogP contribution in [0.4, 0.5) is 5.69 Å². The van der Waals surface area contributed by atoms with Crippen molar-refractivity contribution < 1.29 is 4.79 Å². The molecule has 4 N–H and O–H groups in total. The quantitative estimate of drug-likeness (QED) is 0.706. The van der Waals surface area contributed by atoms with E-state index in [0.29, 0.717) is 11.5 Å². The molecule has 1 aromatic rings. The SMILES string of the molecule is CNC(=O)C(C)(C)CNc1ccc(C(N)=S)cc1. The fourth-order valence-corrected chi connectivity index (χ4v) is 1.63. The van der Waals surface area contributed by atoms with Gasteiger partial charge in [0.1, 0.15) is 4.99 Å². The van der Waals surface area contributed by atoms with Crippen molar-refractivity contribution in [3.63, 3.8) is 0 Å². The van der Waals surface area contributed by atoms with Crippen LogP contribution in [-0.2, 0) is 4.79 Å². The maximum Gasteiger partial charge on any atom is 0.227 e. The standard InChI is InChI=1S/C13H19N3OS/c1-13(2,12(17)15-3)8-16-10-6-4-9(5-7-10)11(14)18/h4-7,16H,8H2,1-3H3,(H2,14,18)(H,15,17). The molecule has 98 valence electrons. The molecule has 0 radical (unpaired) electrons. The minimum atomic E-state index is -0.462. The Morgan fingerprint density at radius 2 is 1.89 bits per heavy atom. The van der Waals surface area contributed by atoms with Crippen LogP contribution in [0, 0.1) is 5.41 Å². The van der Waals surface area contributed by atoms with Crippen molar-refractivity contribution in [2.75, 3.05) is 18.9 Å². The van der Waals surface area contributed by atoms with Gasteiger partial charge in [-0.05, 0) is 38.1 Å². The zero-order valence-electron chi connectivity index (χ0n) is 10.9. The zero-order valence-corrected chi connectivity index (χ0v) is 11.7.